The van der Waals surface area contributed by atoms with Crippen molar-refractivity contribution in [1.82, 2.24) is 9.97 Å². The van der Waals surface area contributed by atoms with Gasteiger partial charge in [0.1, 0.15) is 5.82 Å². The quantitative estimate of drug-likeness (QED) is 0.165. The van der Waals surface area contributed by atoms with Gasteiger partial charge in [0.05, 0.1) is 22.9 Å². The molecule has 0 saturated heterocycles. The zero-order valence-corrected chi connectivity index (χ0v) is 16.8. The molecule has 0 aliphatic heterocycles. The van der Waals surface area contributed by atoms with E-state index in [1.165, 1.54) is 42.6 Å². The van der Waals surface area contributed by atoms with Crippen LogP contribution < -0.4 is 10.0 Å². The molecule has 4 N–H and O–H groups in total. The zero-order chi connectivity index (χ0) is 22.8. The number of imidazole rings is 1. The van der Waals surface area contributed by atoms with Crippen molar-refractivity contribution in [3.8, 4) is 11.5 Å². The third-order valence-electron chi connectivity index (χ3n) is 4.74. The molecule has 2 aromatic heterocycles. The lowest BCUT2D eigenvalue weighted by Crippen LogP contribution is -2.31. The average molecular weight is 435 g/mol. The number of amides is 1. The average Bonchev–Trinajstić information content (AvgIpc) is 3.09. The molecule has 0 unspecified atom stereocenters. The Morgan fingerprint density at radius 1 is 1.22 bits per heavy atom. The van der Waals surface area contributed by atoms with E-state index in [0.29, 0.717) is 22.5 Å². The number of carbonyl (C=O) groups excluding carboxylic acids is 1. The maximum absolute atomic E-state index is 13.9. The molecule has 0 bridgehead atoms. The number of fused-ring (bicyclic) bond motifs is 1. The van der Waals surface area contributed by atoms with E-state index >= 15 is 0 Å². The van der Waals surface area contributed by atoms with Gasteiger partial charge in [0.25, 0.3) is 4.92 Å². The molecule has 0 aliphatic rings. The normalized spacial score (nSPS) is 11.2. The number of anilines is 1. The minimum absolute atomic E-state index is 0.0459. The van der Waals surface area contributed by atoms with E-state index in [4.69, 9.17) is 5.21 Å². The van der Waals surface area contributed by atoms with E-state index in [1.54, 1.807) is 31.2 Å². The van der Waals surface area contributed by atoms with Crippen LogP contribution in [0.4, 0.5) is 15.8 Å². The lowest BCUT2D eigenvalue weighted by molar-refractivity contribution is -0.875. The Kier molecular flexibility index (Phi) is 5.34. The number of hydrogen-bond donors (Lipinski definition) is 4. The highest BCUT2D eigenvalue weighted by Crippen LogP contribution is 2.21. The Morgan fingerprint density at radius 3 is 2.72 bits per heavy atom. The first-order valence-electron chi connectivity index (χ1n) is 9.46. The summed E-state index contributed by atoms with van der Waals surface area (Å²) in [6.45, 7) is 1.78. The molecule has 10 heteroatoms. The van der Waals surface area contributed by atoms with Gasteiger partial charge >= 0.3 is 11.5 Å². The van der Waals surface area contributed by atoms with E-state index in [-0.39, 0.29) is 22.0 Å². The van der Waals surface area contributed by atoms with Crippen LogP contribution >= 0.6 is 0 Å². The number of halogens is 1. The molecule has 9 nitrogen and oxygen atoms in total. The molecule has 0 atom stereocenters. The van der Waals surface area contributed by atoms with Crippen molar-refractivity contribution >= 4 is 34.4 Å². The van der Waals surface area contributed by atoms with Gasteiger partial charge in [-0.2, -0.15) is 0 Å². The fraction of sp³-hybridized carbons (Fsp3) is 0.0455. The maximum Gasteiger partial charge on any atom is 0.345 e. The summed E-state index contributed by atoms with van der Waals surface area (Å²) in [7, 11) is 0. The Balaban J connectivity index is 1.50. The zero-order valence-electron chi connectivity index (χ0n) is 16.8. The monoisotopic (exact) mass is 435 g/mol. The number of nitrogens with one attached hydrogen (secondary N) is 2. The number of nitrogens with zero attached hydrogens (tertiary/aromatic N) is 3. The van der Waals surface area contributed by atoms with Gasteiger partial charge in [0.2, 0.25) is 11.4 Å². The number of carbonyl (C=O) groups is 1. The van der Waals surface area contributed by atoms with Gasteiger partial charge in [-0.15, -0.1) is 0 Å². The Labute approximate surface area is 180 Å². The predicted molar refractivity (Wildman–Crippen MR) is 113 cm³/mol. The molecule has 2 heterocycles. The summed E-state index contributed by atoms with van der Waals surface area (Å²) in [5.41, 5.74) is 2.59. The van der Waals surface area contributed by atoms with Gasteiger partial charge in [-0.05, 0) is 47.6 Å². The highest BCUT2D eigenvalue weighted by molar-refractivity contribution is 6.01. The number of pyridine rings is 1. The molecular weight excluding hydrogens is 417 g/mol. The molecular formula is C22H18FN5O4+2. The molecule has 0 spiro atoms. The second-order valence-corrected chi connectivity index (χ2v) is 7.04. The van der Waals surface area contributed by atoms with E-state index in [1.807, 2.05) is 0 Å². The first-order chi connectivity index (χ1) is 15.3. The second-order valence-electron chi connectivity index (χ2n) is 7.04. The summed E-state index contributed by atoms with van der Waals surface area (Å²) in [4.78, 5) is 30.1. The minimum atomic E-state index is -0.457. The number of hydrogen-bond acceptors (Lipinski definition) is 4. The number of rotatable bonds is 5. The van der Waals surface area contributed by atoms with Crippen LogP contribution in [0.5, 0.6) is 0 Å². The Morgan fingerprint density at radius 2 is 2.03 bits per heavy atom. The van der Waals surface area contributed by atoms with Crippen molar-refractivity contribution in [2.24, 2.45) is 0 Å². The summed E-state index contributed by atoms with van der Waals surface area (Å²) < 4.78 is 14.7. The number of benzene rings is 2. The number of aryl methyl sites for hydroxylation is 1. The largest absolute Gasteiger partial charge is 0.349 e. The van der Waals surface area contributed by atoms with Crippen LogP contribution in [0.2, 0.25) is 0 Å². The molecule has 160 valence electrons. The van der Waals surface area contributed by atoms with Crippen LogP contribution in [0.15, 0.2) is 60.8 Å². The fourth-order valence-corrected chi connectivity index (χ4v) is 3.12. The van der Waals surface area contributed by atoms with Crippen molar-refractivity contribution in [3.05, 3.63) is 82.7 Å². The summed E-state index contributed by atoms with van der Waals surface area (Å²) >= 11 is 0. The lowest BCUT2D eigenvalue weighted by Gasteiger charge is -2.02. The minimum Gasteiger partial charge on any atom is -0.349 e. The highest BCUT2D eigenvalue weighted by atomic mass is 19.1. The Bertz CT molecular complexity index is 1380. The molecule has 1 amide bonds. The molecule has 4 rings (SSSR count). The van der Waals surface area contributed by atoms with Crippen molar-refractivity contribution < 1.29 is 29.3 Å². The second kappa shape index (κ2) is 8.26. The molecule has 0 aliphatic carbocycles. The standard InChI is InChI=1S/C22H16FN5O4/c1-13-2-3-14(17(23)10-13)4-9-21(29)25-15-5-7-19(24-12-15)22-26-18-8-6-16(28(31)32)11-20(18)27(22)30/h2-12,30H,1H3,(H-,25,26,29,31,32)/p+2/b9-4+. The number of aromatic amines is 1. The summed E-state index contributed by atoms with van der Waals surface area (Å²) in [6, 6.07) is 12.1. The van der Waals surface area contributed by atoms with Crippen LogP contribution in [0.3, 0.4) is 0 Å². The third-order valence-corrected chi connectivity index (χ3v) is 4.74. The van der Waals surface area contributed by atoms with Gasteiger partial charge in [0.15, 0.2) is 11.2 Å². The third kappa shape index (κ3) is 4.15. The van der Waals surface area contributed by atoms with E-state index in [9.17, 15) is 19.3 Å². The van der Waals surface area contributed by atoms with Crippen molar-refractivity contribution in [2.75, 3.05) is 5.32 Å². The van der Waals surface area contributed by atoms with Gasteiger partial charge in [-0.25, -0.2) is 19.6 Å². The van der Waals surface area contributed by atoms with Crippen molar-refractivity contribution in [2.45, 2.75) is 6.92 Å². The summed E-state index contributed by atoms with van der Waals surface area (Å²) in [5.74, 6) is -0.633. The van der Waals surface area contributed by atoms with Crippen molar-refractivity contribution in [1.29, 1.82) is 0 Å². The first kappa shape index (κ1) is 20.7. The van der Waals surface area contributed by atoms with Crippen LogP contribution in [0, 0.1) is 17.6 Å². The topological polar surface area (TPSA) is 122 Å². The first-order valence-corrected chi connectivity index (χ1v) is 9.46. The van der Waals surface area contributed by atoms with Crippen LogP contribution in [-0.4, -0.2) is 31.2 Å². The van der Waals surface area contributed by atoms with Gasteiger partial charge < -0.3 is 10.5 Å². The molecule has 0 saturated carbocycles. The van der Waals surface area contributed by atoms with Gasteiger partial charge in [0, 0.05) is 17.7 Å². The van der Waals surface area contributed by atoms with E-state index in [0.717, 1.165) is 10.3 Å². The number of aromatic nitrogens is 3. The fourth-order valence-electron chi connectivity index (χ4n) is 3.12. The molecule has 0 fully saturated rings. The van der Waals surface area contributed by atoms with Crippen LogP contribution in [-0.2, 0) is 4.79 Å². The van der Waals surface area contributed by atoms with E-state index < -0.39 is 11.7 Å². The smallest absolute Gasteiger partial charge is 0.345 e. The number of H-pyrrole nitrogens is 1. The van der Waals surface area contributed by atoms with Crippen LogP contribution in [0.25, 0.3) is 28.6 Å². The molecule has 0 radical (unpaired) electrons. The van der Waals surface area contributed by atoms with Crippen molar-refractivity contribution in [3.63, 3.8) is 0 Å². The molecule has 4 aromatic rings. The summed E-state index contributed by atoms with van der Waals surface area (Å²) in [5, 5.41) is 22.1. The van der Waals surface area contributed by atoms with E-state index in [2.05, 4.69) is 15.3 Å². The molecule has 32 heavy (non-hydrogen) atoms. The predicted octanol–water partition coefficient (Wildman–Crippen LogP) is 3.65. The highest BCUT2D eigenvalue weighted by Gasteiger charge is 2.24. The Hall–Kier alpha value is -4.60. The van der Waals surface area contributed by atoms with Crippen LogP contribution in [0.1, 0.15) is 11.1 Å². The van der Waals surface area contributed by atoms with Gasteiger partial charge in [-0.3, -0.25) is 4.79 Å². The van der Waals surface area contributed by atoms with Gasteiger partial charge in [-0.1, -0.05) is 12.1 Å². The SMILES string of the molecule is Cc1ccc(/C=C/C(=O)Nc2ccc(-c3[nH]c4ccc([N+](=O)O)cc4[n+]3O)nc2)c(F)c1. The maximum atomic E-state index is 13.9. The molecule has 2 aromatic carbocycles. The lowest BCUT2D eigenvalue weighted by atomic mass is 10.1. The summed E-state index contributed by atoms with van der Waals surface area (Å²) in [6.07, 6.45) is 4.01.